The number of anilines is 1. The molecule has 2 rings (SSSR count). The third kappa shape index (κ3) is 3.78. The van der Waals surface area contributed by atoms with Gasteiger partial charge in [-0.3, -0.25) is 9.78 Å². The summed E-state index contributed by atoms with van der Waals surface area (Å²) in [4.78, 5) is 27.8. The molecule has 0 aliphatic carbocycles. The molecule has 2 heterocycles. The summed E-state index contributed by atoms with van der Waals surface area (Å²) in [6, 6.07) is 6.77. The van der Waals surface area contributed by atoms with Gasteiger partial charge in [-0.25, -0.2) is 4.79 Å². The zero-order valence-electron chi connectivity index (χ0n) is 12.1. The maximum atomic E-state index is 11.9. The van der Waals surface area contributed by atoms with Crippen LogP contribution in [0.25, 0.3) is 11.3 Å². The Hall–Kier alpha value is -2.43. The second-order valence-corrected chi connectivity index (χ2v) is 4.92. The van der Waals surface area contributed by atoms with Crippen molar-refractivity contribution < 1.29 is 9.21 Å². The fourth-order valence-electron chi connectivity index (χ4n) is 1.99. The lowest BCUT2D eigenvalue weighted by Gasteiger charge is -2.10. The van der Waals surface area contributed by atoms with Gasteiger partial charge in [0.05, 0.1) is 0 Å². The van der Waals surface area contributed by atoms with E-state index < -0.39 is 5.63 Å². The second-order valence-electron chi connectivity index (χ2n) is 4.92. The number of carbonyl (C=O) groups is 1. The van der Waals surface area contributed by atoms with Gasteiger partial charge in [0.25, 0.3) is 0 Å². The van der Waals surface area contributed by atoms with Gasteiger partial charge in [-0.2, -0.15) is 0 Å². The van der Waals surface area contributed by atoms with Crippen LogP contribution in [0.2, 0.25) is 0 Å². The summed E-state index contributed by atoms with van der Waals surface area (Å²) in [7, 11) is 0. The number of nitrogens with one attached hydrogen (secondary N) is 1. The number of aromatic nitrogens is 1. The summed E-state index contributed by atoms with van der Waals surface area (Å²) >= 11 is 0. The van der Waals surface area contributed by atoms with E-state index in [2.05, 4.69) is 10.3 Å². The predicted octanol–water partition coefficient (Wildman–Crippen LogP) is 3.08. The largest absolute Gasteiger partial charge is 0.421 e. The van der Waals surface area contributed by atoms with Gasteiger partial charge in [-0.1, -0.05) is 20.3 Å². The van der Waals surface area contributed by atoms with Crippen LogP contribution in [-0.4, -0.2) is 10.9 Å². The molecule has 110 valence electrons. The molecule has 5 heteroatoms. The lowest BCUT2D eigenvalue weighted by molar-refractivity contribution is -0.119. The van der Waals surface area contributed by atoms with E-state index in [1.807, 2.05) is 13.8 Å². The first-order chi connectivity index (χ1) is 10.1. The highest BCUT2D eigenvalue weighted by Crippen LogP contribution is 2.17. The molecule has 0 radical (unpaired) electrons. The summed E-state index contributed by atoms with van der Waals surface area (Å²) < 4.78 is 5.22. The van der Waals surface area contributed by atoms with Crippen molar-refractivity contribution in [1.29, 1.82) is 0 Å². The second kappa shape index (κ2) is 6.83. The van der Waals surface area contributed by atoms with Crippen LogP contribution in [-0.2, 0) is 4.79 Å². The van der Waals surface area contributed by atoms with Gasteiger partial charge in [0.15, 0.2) is 0 Å². The average molecular weight is 286 g/mol. The van der Waals surface area contributed by atoms with Crippen molar-refractivity contribution >= 4 is 11.6 Å². The van der Waals surface area contributed by atoms with Crippen LogP contribution in [0.4, 0.5) is 5.69 Å². The fourth-order valence-corrected chi connectivity index (χ4v) is 1.99. The quantitative estimate of drug-likeness (QED) is 0.916. The SMILES string of the molecule is CCCC(C)C(=O)Nc1ccc(-c2cccnc2)oc1=O. The number of amides is 1. The van der Waals surface area contributed by atoms with Gasteiger partial charge >= 0.3 is 5.63 Å². The Kier molecular flexibility index (Phi) is 4.87. The molecule has 5 nitrogen and oxygen atoms in total. The Morgan fingerprint density at radius 3 is 2.81 bits per heavy atom. The molecule has 0 aliphatic heterocycles. The van der Waals surface area contributed by atoms with Crippen molar-refractivity contribution in [3.05, 3.63) is 47.1 Å². The van der Waals surface area contributed by atoms with Gasteiger partial charge in [0.2, 0.25) is 5.91 Å². The summed E-state index contributed by atoms with van der Waals surface area (Å²) in [6.07, 6.45) is 4.96. The van der Waals surface area contributed by atoms with E-state index in [1.165, 1.54) is 0 Å². The van der Waals surface area contributed by atoms with Crippen LogP contribution in [0, 0.1) is 5.92 Å². The van der Waals surface area contributed by atoms with Crippen LogP contribution in [0.15, 0.2) is 45.9 Å². The molecule has 0 fully saturated rings. The van der Waals surface area contributed by atoms with Crippen LogP contribution < -0.4 is 10.9 Å². The Morgan fingerprint density at radius 2 is 2.19 bits per heavy atom. The zero-order valence-corrected chi connectivity index (χ0v) is 12.1. The molecule has 0 bridgehead atoms. The molecule has 1 N–H and O–H groups in total. The van der Waals surface area contributed by atoms with Crippen LogP contribution in [0.3, 0.4) is 0 Å². The molecule has 0 aliphatic rings. The molecular formula is C16H18N2O3. The summed E-state index contributed by atoms with van der Waals surface area (Å²) in [6.45, 7) is 3.85. The Balaban J connectivity index is 2.17. The molecule has 21 heavy (non-hydrogen) atoms. The van der Waals surface area contributed by atoms with E-state index >= 15 is 0 Å². The predicted molar refractivity (Wildman–Crippen MR) is 80.9 cm³/mol. The third-order valence-corrected chi connectivity index (χ3v) is 3.20. The first-order valence-electron chi connectivity index (χ1n) is 6.97. The van der Waals surface area contributed by atoms with Crippen molar-refractivity contribution in [2.24, 2.45) is 5.92 Å². The van der Waals surface area contributed by atoms with E-state index in [1.54, 1.807) is 36.7 Å². The first-order valence-corrected chi connectivity index (χ1v) is 6.97. The molecule has 1 unspecified atom stereocenters. The topological polar surface area (TPSA) is 72.2 Å². The number of rotatable bonds is 5. The lowest BCUT2D eigenvalue weighted by atomic mass is 10.1. The summed E-state index contributed by atoms with van der Waals surface area (Å²) in [5.74, 6) is 0.124. The zero-order chi connectivity index (χ0) is 15.2. The number of carbonyl (C=O) groups excluding carboxylic acids is 1. The summed E-state index contributed by atoms with van der Waals surface area (Å²) in [5, 5.41) is 2.61. The maximum absolute atomic E-state index is 11.9. The van der Waals surface area contributed by atoms with Crippen molar-refractivity contribution in [2.45, 2.75) is 26.7 Å². The number of pyridine rings is 1. The van der Waals surface area contributed by atoms with Crippen molar-refractivity contribution in [2.75, 3.05) is 5.32 Å². The van der Waals surface area contributed by atoms with E-state index in [9.17, 15) is 9.59 Å². The standard InChI is InChI=1S/C16H18N2O3/c1-3-5-11(2)15(19)18-13-7-8-14(21-16(13)20)12-6-4-9-17-10-12/h4,6-11H,3,5H2,1-2H3,(H,18,19). The highest BCUT2D eigenvalue weighted by Gasteiger charge is 2.14. The number of hydrogen-bond acceptors (Lipinski definition) is 4. The fraction of sp³-hybridized carbons (Fsp3) is 0.312. The van der Waals surface area contributed by atoms with Crippen LogP contribution in [0.5, 0.6) is 0 Å². The maximum Gasteiger partial charge on any atom is 0.360 e. The number of hydrogen-bond donors (Lipinski definition) is 1. The molecule has 0 aromatic carbocycles. The monoisotopic (exact) mass is 286 g/mol. The number of nitrogens with zero attached hydrogens (tertiary/aromatic N) is 1. The third-order valence-electron chi connectivity index (χ3n) is 3.20. The van der Waals surface area contributed by atoms with Crippen LogP contribution in [0.1, 0.15) is 26.7 Å². The van der Waals surface area contributed by atoms with Gasteiger partial charge < -0.3 is 9.73 Å². The van der Waals surface area contributed by atoms with Gasteiger partial charge in [0.1, 0.15) is 11.4 Å². The minimum absolute atomic E-state index is 0.132. The first kappa shape index (κ1) is 15.0. The van der Waals surface area contributed by atoms with Gasteiger partial charge in [-0.15, -0.1) is 0 Å². The highest BCUT2D eigenvalue weighted by atomic mass is 16.4. The van der Waals surface area contributed by atoms with Gasteiger partial charge in [-0.05, 0) is 30.7 Å². The molecule has 1 amide bonds. The van der Waals surface area contributed by atoms with E-state index in [4.69, 9.17) is 4.42 Å². The molecular weight excluding hydrogens is 268 g/mol. The lowest BCUT2D eigenvalue weighted by Crippen LogP contribution is -2.23. The Bertz CT molecular complexity index is 665. The van der Waals surface area contributed by atoms with Crippen molar-refractivity contribution in [3.63, 3.8) is 0 Å². The van der Waals surface area contributed by atoms with E-state index in [0.717, 1.165) is 12.8 Å². The average Bonchev–Trinajstić information content (AvgIpc) is 2.50. The Labute approximate surface area is 123 Å². The minimum atomic E-state index is -0.562. The molecule has 2 aromatic rings. The Morgan fingerprint density at radius 1 is 1.38 bits per heavy atom. The van der Waals surface area contributed by atoms with E-state index in [-0.39, 0.29) is 17.5 Å². The molecule has 0 spiro atoms. The summed E-state index contributed by atoms with van der Waals surface area (Å²) in [5.41, 5.74) is 0.316. The van der Waals surface area contributed by atoms with Crippen molar-refractivity contribution in [3.8, 4) is 11.3 Å². The molecule has 1 atom stereocenters. The van der Waals surface area contributed by atoms with Crippen LogP contribution >= 0.6 is 0 Å². The smallest absolute Gasteiger partial charge is 0.360 e. The molecule has 2 aromatic heterocycles. The highest BCUT2D eigenvalue weighted by molar-refractivity contribution is 5.92. The van der Waals surface area contributed by atoms with Gasteiger partial charge in [0, 0.05) is 23.9 Å². The van der Waals surface area contributed by atoms with Crippen molar-refractivity contribution in [1.82, 2.24) is 4.98 Å². The molecule has 0 saturated carbocycles. The minimum Gasteiger partial charge on any atom is -0.421 e. The molecule has 0 saturated heterocycles. The van der Waals surface area contributed by atoms with E-state index in [0.29, 0.717) is 11.3 Å². The normalized spacial score (nSPS) is 11.9.